The van der Waals surface area contributed by atoms with Crippen molar-refractivity contribution in [3.05, 3.63) is 52.8 Å². The first kappa shape index (κ1) is 24.2. The van der Waals surface area contributed by atoms with Gasteiger partial charge in [-0.25, -0.2) is 4.79 Å². The summed E-state index contributed by atoms with van der Waals surface area (Å²) in [6.45, 7) is 7.14. The molecule has 2 aliphatic rings. The topological polar surface area (TPSA) is 79.8 Å². The SMILES string of the molecule is CC(C)(C)OC(=O)N1CCN(C(=O)c2ccc(-c3cncc(CC(=O)C4CC4)c3)cc2Cl)CC1. The van der Waals surface area contributed by atoms with Crippen LogP contribution in [0.3, 0.4) is 0 Å². The Morgan fingerprint density at radius 3 is 2.29 bits per heavy atom. The first-order valence-corrected chi connectivity index (χ1v) is 12.0. The highest BCUT2D eigenvalue weighted by molar-refractivity contribution is 6.34. The maximum absolute atomic E-state index is 13.1. The number of piperazine rings is 1. The Morgan fingerprint density at radius 1 is 1.00 bits per heavy atom. The second kappa shape index (κ2) is 9.74. The molecule has 2 heterocycles. The van der Waals surface area contributed by atoms with Gasteiger partial charge in [-0.15, -0.1) is 0 Å². The molecule has 1 aromatic heterocycles. The van der Waals surface area contributed by atoms with Gasteiger partial charge in [-0.2, -0.15) is 0 Å². The first-order chi connectivity index (χ1) is 16.1. The number of pyridine rings is 1. The zero-order valence-electron chi connectivity index (χ0n) is 19.8. The Balaban J connectivity index is 1.40. The number of aromatic nitrogens is 1. The van der Waals surface area contributed by atoms with E-state index in [2.05, 4.69) is 4.98 Å². The predicted molar refractivity (Wildman–Crippen MR) is 130 cm³/mol. The lowest BCUT2D eigenvalue weighted by Gasteiger charge is -2.35. The molecule has 1 aliphatic heterocycles. The Kier molecular flexibility index (Phi) is 6.94. The molecule has 4 rings (SSSR count). The van der Waals surface area contributed by atoms with E-state index in [9.17, 15) is 14.4 Å². The van der Waals surface area contributed by atoms with Crippen LogP contribution in [0.4, 0.5) is 4.79 Å². The number of hydrogen-bond acceptors (Lipinski definition) is 5. The highest BCUT2D eigenvalue weighted by atomic mass is 35.5. The van der Waals surface area contributed by atoms with Crippen molar-refractivity contribution >= 4 is 29.4 Å². The molecule has 180 valence electrons. The fourth-order valence-corrected chi connectivity index (χ4v) is 4.21. The van der Waals surface area contributed by atoms with E-state index in [-0.39, 0.29) is 23.7 Å². The van der Waals surface area contributed by atoms with Crippen molar-refractivity contribution in [3.8, 4) is 11.1 Å². The third kappa shape index (κ3) is 5.95. The third-order valence-corrected chi connectivity index (χ3v) is 6.27. The van der Waals surface area contributed by atoms with Gasteiger partial charge < -0.3 is 14.5 Å². The molecule has 0 N–H and O–H groups in total. The summed E-state index contributed by atoms with van der Waals surface area (Å²) in [6.07, 6.45) is 5.47. The number of nitrogens with zero attached hydrogens (tertiary/aromatic N) is 3. The summed E-state index contributed by atoms with van der Waals surface area (Å²) >= 11 is 6.51. The quantitative estimate of drug-likeness (QED) is 0.620. The molecule has 0 atom stereocenters. The Bertz CT molecular complexity index is 1100. The van der Waals surface area contributed by atoms with E-state index >= 15 is 0 Å². The summed E-state index contributed by atoms with van der Waals surface area (Å²) in [7, 11) is 0. The number of rotatable bonds is 5. The number of hydrogen-bond donors (Lipinski definition) is 0. The van der Waals surface area contributed by atoms with Gasteiger partial charge >= 0.3 is 6.09 Å². The van der Waals surface area contributed by atoms with Gasteiger partial charge in [0.2, 0.25) is 0 Å². The van der Waals surface area contributed by atoms with Crippen LogP contribution < -0.4 is 0 Å². The zero-order chi connectivity index (χ0) is 24.5. The zero-order valence-corrected chi connectivity index (χ0v) is 20.6. The molecule has 34 heavy (non-hydrogen) atoms. The first-order valence-electron chi connectivity index (χ1n) is 11.6. The van der Waals surface area contributed by atoms with E-state index in [4.69, 9.17) is 16.3 Å². The Labute approximate surface area is 205 Å². The van der Waals surface area contributed by atoms with Crippen molar-refractivity contribution in [1.29, 1.82) is 0 Å². The smallest absolute Gasteiger partial charge is 0.410 e. The number of carbonyl (C=O) groups is 3. The fourth-order valence-electron chi connectivity index (χ4n) is 3.95. The van der Waals surface area contributed by atoms with Gasteiger partial charge in [0.05, 0.1) is 10.6 Å². The van der Waals surface area contributed by atoms with Crippen LogP contribution in [0.25, 0.3) is 11.1 Å². The Hall–Kier alpha value is -2.93. The van der Waals surface area contributed by atoms with Crippen molar-refractivity contribution in [2.75, 3.05) is 26.2 Å². The summed E-state index contributed by atoms with van der Waals surface area (Å²) in [5.74, 6) is 0.321. The highest BCUT2D eigenvalue weighted by Gasteiger charge is 2.30. The van der Waals surface area contributed by atoms with E-state index in [0.717, 1.165) is 29.5 Å². The van der Waals surface area contributed by atoms with Gasteiger partial charge in [0, 0.05) is 56.5 Å². The van der Waals surface area contributed by atoms with Crippen molar-refractivity contribution in [2.45, 2.75) is 45.6 Å². The number of benzene rings is 1. The second-order valence-electron chi connectivity index (χ2n) is 9.95. The maximum atomic E-state index is 13.1. The minimum Gasteiger partial charge on any atom is -0.444 e. The lowest BCUT2D eigenvalue weighted by atomic mass is 10.0. The number of halogens is 1. The molecule has 1 saturated heterocycles. The lowest BCUT2D eigenvalue weighted by Crippen LogP contribution is -2.51. The molecule has 0 unspecified atom stereocenters. The van der Waals surface area contributed by atoms with Crippen LogP contribution >= 0.6 is 11.6 Å². The number of carbonyl (C=O) groups excluding carboxylic acids is 3. The van der Waals surface area contributed by atoms with E-state index in [1.807, 2.05) is 32.9 Å². The normalized spacial score (nSPS) is 16.4. The molecule has 1 aliphatic carbocycles. The average Bonchev–Trinajstić information content (AvgIpc) is 3.63. The molecular weight excluding hydrogens is 454 g/mol. The standard InChI is InChI=1S/C26H30ClN3O4/c1-26(2,3)34-25(33)30-10-8-29(9-11-30)24(32)21-7-6-19(14-22(21)27)20-12-17(15-28-16-20)13-23(31)18-4-5-18/h6-7,12,14-16,18H,4-5,8-11,13H2,1-3H3. The fraction of sp³-hybridized carbons (Fsp3) is 0.462. The van der Waals surface area contributed by atoms with E-state index in [0.29, 0.717) is 43.2 Å². The Morgan fingerprint density at radius 2 is 1.68 bits per heavy atom. The minimum atomic E-state index is -0.554. The number of amides is 2. The monoisotopic (exact) mass is 483 g/mol. The number of ether oxygens (including phenoxy) is 1. The van der Waals surface area contributed by atoms with Crippen LogP contribution in [-0.4, -0.2) is 64.3 Å². The second-order valence-corrected chi connectivity index (χ2v) is 10.4. The molecule has 2 fully saturated rings. The van der Waals surface area contributed by atoms with Gasteiger partial charge in [0.15, 0.2) is 0 Å². The molecule has 8 heteroatoms. The minimum absolute atomic E-state index is 0.165. The van der Waals surface area contributed by atoms with Gasteiger partial charge in [-0.05, 0) is 62.9 Å². The van der Waals surface area contributed by atoms with Crippen LogP contribution in [0, 0.1) is 5.92 Å². The predicted octanol–water partition coefficient (Wildman–Crippen LogP) is 4.62. The largest absolute Gasteiger partial charge is 0.444 e. The molecule has 1 aromatic carbocycles. The van der Waals surface area contributed by atoms with Crippen LogP contribution in [0.1, 0.15) is 49.5 Å². The van der Waals surface area contributed by atoms with Gasteiger partial charge in [-0.3, -0.25) is 14.6 Å². The molecule has 0 radical (unpaired) electrons. The molecule has 2 aromatic rings. The van der Waals surface area contributed by atoms with Gasteiger partial charge in [0.1, 0.15) is 11.4 Å². The molecule has 0 bridgehead atoms. The summed E-state index contributed by atoms with van der Waals surface area (Å²) in [5, 5.41) is 0.358. The summed E-state index contributed by atoms with van der Waals surface area (Å²) in [4.78, 5) is 45.1. The average molecular weight is 484 g/mol. The van der Waals surface area contributed by atoms with E-state index in [1.54, 1.807) is 34.3 Å². The van der Waals surface area contributed by atoms with Crippen LogP contribution in [0.5, 0.6) is 0 Å². The maximum Gasteiger partial charge on any atom is 0.410 e. The molecule has 7 nitrogen and oxygen atoms in total. The molecular formula is C26H30ClN3O4. The summed E-state index contributed by atoms with van der Waals surface area (Å²) < 4.78 is 5.41. The number of ketones is 1. The molecule has 1 saturated carbocycles. The summed E-state index contributed by atoms with van der Waals surface area (Å²) in [6, 6.07) is 7.29. The summed E-state index contributed by atoms with van der Waals surface area (Å²) in [5.41, 5.74) is 2.44. The van der Waals surface area contributed by atoms with E-state index in [1.165, 1.54) is 0 Å². The number of Topliss-reactive ketones (excluding diaryl/α,β-unsaturated/α-hetero) is 1. The van der Waals surface area contributed by atoms with Crippen LogP contribution in [0.2, 0.25) is 5.02 Å². The van der Waals surface area contributed by atoms with Crippen molar-refractivity contribution < 1.29 is 19.1 Å². The van der Waals surface area contributed by atoms with Crippen molar-refractivity contribution in [1.82, 2.24) is 14.8 Å². The highest BCUT2D eigenvalue weighted by Crippen LogP contribution is 2.32. The van der Waals surface area contributed by atoms with Crippen molar-refractivity contribution in [3.63, 3.8) is 0 Å². The van der Waals surface area contributed by atoms with Gasteiger partial charge in [-0.1, -0.05) is 17.7 Å². The van der Waals surface area contributed by atoms with Crippen LogP contribution in [0.15, 0.2) is 36.7 Å². The van der Waals surface area contributed by atoms with Gasteiger partial charge in [0.25, 0.3) is 5.91 Å². The lowest BCUT2D eigenvalue weighted by molar-refractivity contribution is -0.119. The van der Waals surface area contributed by atoms with Crippen molar-refractivity contribution in [2.24, 2.45) is 5.92 Å². The van der Waals surface area contributed by atoms with E-state index < -0.39 is 5.60 Å². The third-order valence-electron chi connectivity index (χ3n) is 5.96. The van der Waals surface area contributed by atoms with Crippen LogP contribution in [-0.2, 0) is 16.0 Å². The molecule has 0 spiro atoms. The molecule has 2 amide bonds.